The Bertz CT molecular complexity index is 482. The second-order valence-corrected chi connectivity index (χ2v) is 9.11. The fraction of sp³-hybridized carbons (Fsp3) is 0.667. The second-order valence-electron chi connectivity index (χ2n) is 7.70. The summed E-state index contributed by atoms with van der Waals surface area (Å²) in [7, 11) is 0. The minimum absolute atomic E-state index is 0.178. The fourth-order valence-corrected chi connectivity index (χ4v) is 4.72. The van der Waals surface area contributed by atoms with Crippen LogP contribution in [0.25, 0.3) is 0 Å². The molecular formula is C18H25Br2F. The summed E-state index contributed by atoms with van der Waals surface area (Å²) in [6, 6.07) is 5.44. The van der Waals surface area contributed by atoms with Crippen LogP contribution in [0.2, 0.25) is 0 Å². The van der Waals surface area contributed by atoms with E-state index in [0.717, 1.165) is 17.7 Å². The van der Waals surface area contributed by atoms with Crippen LogP contribution >= 0.6 is 31.9 Å². The number of hydrogen-bond donors (Lipinski definition) is 0. The Balaban J connectivity index is 2.08. The summed E-state index contributed by atoms with van der Waals surface area (Å²) in [5, 5.41) is 1.03. The maximum atomic E-state index is 13.4. The molecule has 0 radical (unpaired) electrons. The van der Waals surface area contributed by atoms with E-state index >= 15 is 0 Å². The number of hydrogen-bond acceptors (Lipinski definition) is 0. The highest BCUT2D eigenvalue weighted by Crippen LogP contribution is 2.47. The van der Waals surface area contributed by atoms with Crippen LogP contribution in [0.5, 0.6) is 0 Å². The summed E-state index contributed by atoms with van der Waals surface area (Å²) >= 11 is 7.04. The highest BCUT2D eigenvalue weighted by molar-refractivity contribution is 9.10. The third kappa shape index (κ3) is 4.31. The Morgan fingerprint density at radius 2 is 1.86 bits per heavy atom. The first-order valence-electron chi connectivity index (χ1n) is 7.76. The SMILES string of the molecule is CC(C)(C)C1CCC(CBr)(Cc2ccc(F)c(Br)c2)CC1. The number of alkyl halides is 1. The molecule has 0 saturated heterocycles. The number of benzene rings is 1. The molecule has 0 spiro atoms. The molecule has 0 heterocycles. The van der Waals surface area contributed by atoms with Gasteiger partial charge in [-0.25, -0.2) is 4.39 Å². The Morgan fingerprint density at radius 1 is 1.24 bits per heavy atom. The summed E-state index contributed by atoms with van der Waals surface area (Å²) in [6.07, 6.45) is 6.16. The van der Waals surface area contributed by atoms with Crippen LogP contribution in [0.3, 0.4) is 0 Å². The molecule has 1 aromatic rings. The largest absolute Gasteiger partial charge is 0.206 e. The zero-order valence-corrected chi connectivity index (χ0v) is 16.4. The normalized spacial score (nSPS) is 26.9. The van der Waals surface area contributed by atoms with Crippen LogP contribution in [0.4, 0.5) is 4.39 Å². The van der Waals surface area contributed by atoms with Gasteiger partial charge in [-0.3, -0.25) is 0 Å². The topological polar surface area (TPSA) is 0 Å². The maximum Gasteiger partial charge on any atom is 0.137 e. The zero-order valence-electron chi connectivity index (χ0n) is 13.2. The summed E-state index contributed by atoms with van der Waals surface area (Å²) < 4.78 is 14.0. The van der Waals surface area contributed by atoms with E-state index in [4.69, 9.17) is 0 Å². The van der Waals surface area contributed by atoms with Gasteiger partial charge in [-0.15, -0.1) is 0 Å². The lowest BCUT2D eigenvalue weighted by Gasteiger charge is -2.43. The van der Waals surface area contributed by atoms with Crippen molar-refractivity contribution < 1.29 is 4.39 Å². The smallest absolute Gasteiger partial charge is 0.137 e. The molecule has 0 nitrogen and oxygen atoms in total. The van der Waals surface area contributed by atoms with Gasteiger partial charge in [0.25, 0.3) is 0 Å². The molecule has 0 aromatic heterocycles. The van der Waals surface area contributed by atoms with Crippen LogP contribution < -0.4 is 0 Å². The van der Waals surface area contributed by atoms with Crippen LogP contribution in [0, 0.1) is 22.6 Å². The summed E-state index contributed by atoms with van der Waals surface area (Å²) in [5.74, 6) is 0.646. The third-order valence-corrected chi connectivity index (χ3v) is 6.91. The molecule has 0 N–H and O–H groups in total. The first-order chi connectivity index (χ1) is 9.76. The van der Waals surface area contributed by atoms with Gasteiger partial charge in [-0.05, 0) is 82.5 Å². The average molecular weight is 420 g/mol. The Labute approximate surface area is 145 Å². The molecule has 0 amide bonds. The van der Waals surface area contributed by atoms with Crippen molar-refractivity contribution in [1.82, 2.24) is 0 Å². The molecule has 2 rings (SSSR count). The molecule has 1 saturated carbocycles. The highest BCUT2D eigenvalue weighted by Gasteiger charge is 2.38. The molecule has 0 bridgehead atoms. The minimum Gasteiger partial charge on any atom is -0.206 e. The van der Waals surface area contributed by atoms with Gasteiger partial charge < -0.3 is 0 Å². The van der Waals surface area contributed by atoms with Gasteiger partial charge >= 0.3 is 0 Å². The molecule has 0 unspecified atom stereocenters. The first-order valence-corrected chi connectivity index (χ1v) is 9.67. The van der Waals surface area contributed by atoms with Crippen molar-refractivity contribution in [2.75, 3.05) is 5.33 Å². The van der Waals surface area contributed by atoms with Gasteiger partial charge in [-0.2, -0.15) is 0 Å². The third-order valence-electron chi connectivity index (χ3n) is 5.12. The van der Waals surface area contributed by atoms with Crippen LogP contribution in [0.15, 0.2) is 22.7 Å². The summed E-state index contributed by atoms with van der Waals surface area (Å²) in [4.78, 5) is 0. The molecule has 0 atom stereocenters. The van der Waals surface area contributed by atoms with Gasteiger partial charge in [0.15, 0.2) is 0 Å². The number of halogens is 3. The van der Waals surface area contributed by atoms with E-state index in [9.17, 15) is 4.39 Å². The quantitative estimate of drug-likeness (QED) is 0.475. The van der Waals surface area contributed by atoms with Crippen molar-refractivity contribution in [2.24, 2.45) is 16.7 Å². The zero-order chi connectivity index (χ0) is 15.7. The summed E-state index contributed by atoms with van der Waals surface area (Å²) in [5.41, 5.74) is 1.98. The molecule has 1 aliphatic carbocycles. The van der Waals surface area contributed by atoms with E-state index in [2.05, 4.69) is 52.6 Å². The van der Waals surface area contributed by atoms with Crippen molar-refractivity contribution in [3.63, 3.8) is 0 Å². The summed E-state index contributed by atoms with van der Waals surface area (Å²) in [6.45, 7) is 7.07. The van der Waals surface area contributed by atoms with E-state index in [1.165, 1.54) is 31.2 Å². The molecule has 21 heavy (non-hydrogen) atoms. The van der Waals surface area contributed by atoms with E-state index in [0.29, 0.717) is 15.3 Å². The molecule has 1 fully saturated rings. The Kier molecular flexibility index (Phi) is 5.57. The van der Waals surface area contributed by atoms with Gasteiger partial charge in [0.05, 0.1) is 4.47 Å². The van der Waals surface area contributed by atoms with Gasteiger partial charge in [0, 0.05) is 5.33 Å². The Morgan fingerprint density at radius 3 is 2.33 bits per heavy atom. The fourth-order valence-electron chi connectivity index (χ4n) is 3.54. The standard InChI is InChI=1S/C18H25Br2F/c1-17(2,3)14-6-8-18(12-19,9-7-14)11-13-4-5-16(21)15(20)10-13/h4-5,10,14H,6-9,11-12H2,1-3H3. The molecule has 118 valence electrons. The lowest BCUT2D eigenvalue weighted by Crippen LogP contribution is -2.35. The lowest BCUT2D eigenvalue weighted by molar-refractivity contribution is 0.103. The van der Waals surface area contributed by atoms with Crippen LogP contribution in [-0.2, 0) is 6.42 Å². The maximum absolute atomic E-state index is 13.4. The average Bonchev–Trinajstić information content (AvgIpc) is 2.42. The van der Waals surface area contributed by atoms with Crippen molar-refractivity contribution in [1.29, 1.82) is 0 Å². The van der Waals surface area contributed by atoms with E-state index in [1.807, 2.05) is 12.1 Å². The Hall–Kier alpha value is 0.110. The van der Waals surface area contributed by atoms with Crippen molar-refractivity contribution in [3.05, 3.63) is 34.1 Å². The van der Waals surface area contributed by atoms with Crippen LogP contribution in [-0.4, -0.2) is 5.33 Å². The van der Waals surface area contributed by atoms with E-state index in [1.54, 1.807) is 6.07 Å². The first kappa shape index (κ1) is 17.5. The van der Waals surface area contributed by atoms with Gasteiger partial charge in [0.1, 0.15) is 5.82 Å². The lowest BCUT2D eigenvalue weighted by atomic mass is 9.63. The predicted molar refractivity (Wildman–Crippen MR) is 95.4 cm³/mol. The highest BCUT2D eigenvalue weighted by atomic mass is 79.9. The van der Waals surface area contributed by atoms with Crippen molar-refractivity contribution >= 4 is 31.9 Å². The van der Waals surface area contributed by atoms with E-state index in [-0.39, 0.29) is 5.82 Å². The predicted octanol–water partition coefficient (Wildman–Crippen LogP) is 6.75. The van der Waals surface area contributed by atoms with Crippen molar-refractivity contribution in [3.8, 4) is 0 Å². The number of rotatable bonds is 3. The monoisotopic (exact) mass is 418 g/mol. The minimum atomic E-state index is -0.178. The second kappa shape index (κ2) is 6.70. The molecular weight excluding hydrogens is 395 g/mol. The molecule has 1 aliphatic rings. The molecule has 3 heteroatoms. The van der Waals surface area contributed by atoms with Gasteiger partial charge in [-0.1, -0.05) is 42.8 Å². The van der Waals surface area contributed by atoms with Crippen LogP contribution in [0.1, 0.15) is 52.0 Å². The van der Waals surface area contributed by atoms with Gasteiger partial charge in [0.2, 0.25) is 0 Å². The van der Waals surface area contributed by atoms with Crippen molar-refractivity contribution in [2.45, 2.75) is 52.9 Å². The molecule has 0 aliphatic heterocycles. The van der Waals surface area contributed by atoms with E-state index < -0.39 is 0 Å². The molecule has 1 aromatic carbocycles.